The van der Waals surface area contributed by atoms with Crippen LogP contribution in [-0.4, -0.2) is 18.5 Å². The molecule has 0 N–H and O–H groups in total. The Labute approximate surface area is 181 Å². The van der Waals surface area contributed by atoms with E-state index in [2.05, 4.69) is 37.0 Å². The van der Waals surface area contributed by atoms with Crippen molar-refractivity contribution in [3.63, 3.8) is 0 Å². The van der Waals surface area contributed by atoms with E-state index in [1.807, 2.05) is 48.5 Å². The van der Waals surface area contributed by atoms with Gasteiger partial charge in [-0.2, -0.15) is 17.9 Å². The number of sulfonamides is 1. The molecule has 0 saturated carbocycles. The van der Waals surface area contributed by atoms with Crippen LogP contribution in [0.5, 0.6) is 0 Å². The summed E-state index contributed by atoms with van der Waals surface area (Å²) in [5, 5.41) is 4.55. The summed E-state index contributed by atoms with van der Waals surface area (Å²) in [6, 6.07) is 23.5. The highest BCUT2D eigenvalue weighted by Crippen LogP contribution is 2.37. The topological polar surface area (TPSA) is 49.7 Å². The minimum absolute atomic E-state index is 0.234. The molecule has 1 aliphatic heterocycles. The number of hydrogen-bond acceptors (Lipinski definition) is 3. The summed E-state index contributed by atoms with van der Waals surface area (Å²) in [5.41, 5.74) is 2.56. The summed E-state index contributed by atoms with van der Waals surface area (Å²) >= 11 is 6.87. The van der Waals surface area contributed by atoms with Gasteiger partial charge in [0.1, 0.15) is 0 Å². The second kappa shape index (κ2) is 7.81. The molecular formula is C21H16Br2N2O2S. The molecule has 0 aliphatic carbocycles. The van der Waals surface area contributed by atoms with Crippen molar-refractivity contribution < 1.29 is 8.42 Å². The predicted octanol–water partition coefficient (Wildman–Crippen LogP) is 5.75. The fourth-order valence-electron chi connectivity index (χ4n) is 3.16. The number of hydrazone groups is 1. The van der Waals surface area contributed by atoms with Crippen molar-refractivity contribution in [2.24, 2.45) is 5.10 Å². The lowest BCUT2D eigenvalue weighted by Crippen LogP contribution is -2.27. The van der Waals surface area contributed by atoms with Crippen LogP contribution < -0.4 is 0 Å². The van der Waals surface area contributed by atoms with Gasteiger partial charge in [0.05, 0.1) is 16.6 Å². The molecule has 4 nitrogen and oxygen atoms in total. The Morgan fingerprint density at radius 3 is 2.00 bits per heavy atom. The van der Waals surface area contributed by atoms with Crippen molar-refractivity contribution in [3.05, 3.63) is 98.9 Å². The molecule has 1 aliphatic rings. The van der Waals surface area contributed by atoms with Crippen LogP contribution >= 0.6 is 31.9 Å². The molecule has 0 amide bonds. The summed E-state index contributed by atoms with van der Waals surface area (Å²) in [4.78, 5) is 0.234. The standard InChI is InChI=1S/C21H16Br2N2O2S/c22-17-10-6-15(7-11-17)20-14-21(16-8-12-18(23)13-9-16)25(24-20)28(26,27)19-4-2-1-3-5-19/h1-13,21H,14H2/t21-/m1/s1. The minimum atomic E-state index is -3.77. The number of benzene rings is 3. The lowest BCUT2D eigenvalue weighted by Gasteiger charge is -2.23. The minimum Gasteiger partial charge on any atom is -0.200 e. The highest BCUT2D eigenvalue weighted by molar-refractivity contribution is 9.10. The summed E-state index contributed by atoms with van der Waals surface area (Å²) in [6.07, 6.45) is 0.509. The van der Waals surface area contributed by atoms with Gasteiger partial charge >= 0.3 is 0 Å². The Hall–Kier alpha value is -1.96. The molecule has 0 saturated heterocycles. The smallest absolute Gasteiger partial charge is 0.200 e. The fraction of sp³-hybridized carbons (Fsp3) is 0.0952. The molecule has 4 rings (SSSR count). The van der Waals surface area contributed by atoms with Gasteiger partial charge in [-0.25, -0.2) is 0 Å². The Morgan fingerprint density at radius 2 is 1.39 bits per heavy atom. The molecule has 0 spiro atoms. The molecule has 7 heteroatoms. The largest absolute Gasteiger partial charge is 0.279 e. The van der Waals surface area contributed by atoms with E-state index in [0.29, 0.717) is 6.42 Å². The lowest BCUT2D eigenvalue weighted by molar-refractivity contribution is 0.371. The van der Waals surface area contributed by atoms with Crippen LogP contribution in [0.15, 0.2) is 97.8 Å². The Kier molecular flexibility index (Phi) is 5.40. The van der Waals surface area contributed by atoms with Crippen LogP contribution in [0.4, 0.5) is 0 Å². The van der Waals surface area contributed by atoms with Crippen LogP contribution in [0.1, 0.15) is 23.6 Å². The maximum atomic E-state index is 13.3. The van der Waals surface area contributed by atoms with Gasteiger partial charge in [-0.1, -0.05) is 74.3 Å². The van der Waals surface area contributed by atoms with Gasteiger partial charge in [-0.05, 0) is 47.5 Å². The first kappa shape index (κ1) is 19.4. The average Bonchev–Trinajstić information content (AvgIpc) is 3.16. The third-order valence-corrected chi connectivity index (χ3v) is 7.35. The van der Waals surface area contributed by atoms with Gasteiger partial charge in [-0.3, -0.25) is 0 Å². The van der Waals surface area contributed by atoms with Gasteiger partial charge in [-0.15, -0.1) is 0 Å². The maximum Gasteiger partial charge on any atom is 0.279 e. The third-order valence-electron chi connectivity index (χ3n) is 4.59. The second-order valence-electron chi connectivity index (χ2n) is 6.42. The zero-order valence-corrected chi connectivity index (χ0v) is 18.7. The second-order valence-corrected chi connectivity index (χ2v) is 10.0. The average molecular weight is 520 g/mol. The summed E-state index contributed by atoms with van der Waals surface area (Å²) in [5.74, 6) is 0. The van der Waals surface area contributed by atoms with Crippen molar-refractivity contribution in [2.75, 3.05) is 0 Å². The van der Waals surface area contributed by atoms with Crippen molar-refractivity contribution >= 4 is 47.6 Å². The Bertz CT molecular complexity index is 1110. The molecule has 1 heterocycles. The molecule has 28 heavy (non-hydrogen) atoms. The van der Waals surface area contributed by atoms with E-state index >= 15 is 0 Å². The number of halogens is 2. The summed E-state index contributed by atoms with van der Waals surface area (Å²) in [6.45, 7) is 0. The van der Waals surface area contributed by atoms with E-state index in [-0.39, 0.29) is 4.90 Å². The first-order valence-corrected chi connectivity index (χ1v) is 11.7. The van der Waals surface area contributed by atoms with E-state index < -0.39 is 16.1 Å². The molecule has 0 radical (unpaired) electrons. The predicted molar refractivity (Wildman–Crippen MR) is 118 cm³/mol. The highest BCUT2D eigenvalue weighted by Gasteiger charge is 2.37. The van der Waals surface area contributed by atoms with Crippen LogP contribution in [0, 0.1) is 0 Å². The summed E-state index contributed by atoms with van der Waals surface area (Å²) < 4.78 is 29.8. The summed E-state index contributed by atoms with van der Waals surface area (Å²) in [7, 11) is -3.77. The number of rotatable bonds is 4. The van der Waals surface area contributed by atoms with Crippen molar-refractivity contribution in [3.8, 4) is 0 Å². The fourth-order valence-corrected chi connectivity index (χ4v) is 5.14. The highest BCUT2D eigenvalue weighted by atomic mass is 79.9. The van der Waals surface area contributed by atoms with Crippen molar-refractivity contribution in [1.82, 2.24) is 4.41 Å². The molecular weight excluding hydrogens is 504 g/mol. The van der Waals surface area contributed by atoms with Crippen LogP contribution in [0.2, 0.25) is 0 Å². The molecule has 3 aromatic carbocycles. The zero-order chi connectivity index (χ0) is 19.7. The monoisotopic (exact) mass is 518 g/mol. The molecule has 1 atom stereocenters. The zero-order valence-electron chi connectivity index (χ0n) is 14.7. The van der Waals surface area contributed by atoms with E-state index in [1.54, 1.807) is 30.3 Å². The normalized spacial score (nSPS) is 16.9. The quantitative estimate of drug-likeness (QED) is 0.440. The van der Waals surface area contributed by atoms with Gasteiger partial charge in [0.15, 0.2) is 0 Å². The van der Waals surface area contributed by atoms with Crippen LogP contribution in [0.3, 0.4) is 0 Å². The molecule has 0 aromatic heterocycles. The van der Waals surface area contributed by atoms with Crippen molar-refractivity contribution in [2.45, 2.75) is 17.4 Å². The first-order valence-electron chi connectivity index (χ1n) is 8.63. The van der Waals surface area contributed by atoms with Gasteiger partial charge in [0.25, 0.3) is 10.0 Å². The first-order chi connectivity index (χ1) is 13.4. The van der Waals surface area contributed by atoms with E-state index in [1.165, 1.54) is 4.41 Å². The van der Waals surface area contributed by atoms with Crippen LogP contribution in [0.25, 0.3) is 0 Å². The third kappa shape index (κ3) is 3.79. The molecule has 0 unspecified atom stereocenters. The number of nitrogens with zero attached hydrogens (tertiary/aromatic N) is 2. The van der Waals surface area contributed by atoms with E-state index in [9.17, 15) is 8.42 Å². The Balaban J connectivity index is 1.79. The van der Waals surface area contributed by atoms with Crippen molar-refractivity contribution in [1.29, 1.82) is 0 Å². The van der Waals surface area contributed by atoms with Crippen LogP contribution in [-0.2, 0) is 10.0 Å². The lowest BCUT2D eigenvalue weighted by atomic mass is 9.99. The van der Waals surface area contributed by atoms with Gasteiger partial charge in [0, 0.05) is 15.4 Å². The number of hydrogen-bond donors (Lipinski definition) is 0. The molecule has 142 valence electrons. The molecule has 3 aromatic rings. The van der Waals surface area contributed by atoms with E-state index in [0.717, 1.165) is 25.8 Å². The molecule has 0 bridgehead atoms. The Morgan fingerprint density at radius 1 is 0.821 bits per heavy atom. The van der Waals surface area contributed by atoms with Gasteiger partial charge in [0.2, 0.25) is 0 Å². The SMILES string of the molecule is O=S(=O)(c1ccccc1)N1N=C(c2ccc(Br)cc2)C[C@@H]1c1ccc(Br)cc1. The maximum absolute atomic E-state index is 13.3. The van der Waals surface area contributed by atoms with E-state index in [4.69, 9.17) is 0 Å². The van der Waals surface area contributed by atoms with Gasteiger partial charge < -0.3 is 0 Å². The molecule has 0 fully saturated rings.